The van der Waals surface area contributed by atoms with Gasteiger partial charge in [0.05, 0.1) is 17.8 Å². The van der Waals surface area contributed by atoms with E-state index in [1.54, 1.807) is 0 Å². The van der Waals surface area contributed by atoms with Crippen LogP contribution in [0.1, 0.15) is 11.5 Å². The van der Waals surface area contributed by atoms with Crippen LogP contribution in [0.15, 0.2) is 23.0 Å². The number of nitrogens with zero attached hydrogens (tertiary/aromatic N) is 2. The number of aromatic nitrogens is 2. The van der Waals surface area contributed by atoms with Crippen molar-refractivity contribution < 1.29 is 9.32 Å². The van der Waals surface area contributed by atoms with Crippen molar-refractivity contribution in [3.8, 4) is 0 Å². The van der Waals surface area contributed by atoms with E-state index in [1.165, 1.54) is 6.33 Å². The molecule has 1 aliphatic heterocycles. The highest BCUT2D eigenvalue weighted by Gasteiger charge is 2.19. The minimum Gasteiger partial charge on any atom is -0.397 e. The number of hydrogen-bond acceptors (Lipinski definition) is 6. The minimum atomic E-state index is -0.00240. The number of anilines is 3. The molecule has 98 valence electrons. The van der Waals surface area contributed by atoms with Gasteiger partial charge in [-0.25, -0.2) is 0 Å². The quantitative estimate of drug-likeness (QED) is 0.701. The van der Waals surface area contributed by atoms with Crippen LogP contribution in [0, 0.1) is 0 Å². The highest BCUT2D eigenvalue weighted by atomic mass is 16.5. The van der Waals surface area contributed by atoms with Gasteiger partial charge in [0.15, 0.2) is 6.33 Å². The van der Waals surface area contributed by atoms with Crippen LogP contribution in [0.4, 0.5) is 17.1 Å². The van der Waals surface area contributed by atoms with E-state index in [2.05, 4.69) is 20.8 Å². The summed E-state index contributed by atoms with van der Waals surface area (Å²) < 4.78 is 4.90. The van der Waals surface area contributed by atoms with E-state index in [9.17, 15) is 4.79 Å². The van der Waals surface area contributed by atoms with Gasteiger partial charge in [-0.1, -0.05) is 5.16 Å². The molecule has 2 heterocycles. The molecule has 0 bridgehead atoms. The van der Waals surface area contributed by atoms with Crippen molar-refractivity contribution >= 4 is 23.0 Å². The molecule has 0 saturated heterocycles. The van der Waals surface area contributed by atoms with E-state index in [0.717, 1.165) is 16.9 Å². The van der Waals surface area contributed by atoms with Gasteiger partial charge in [0, 0.05) is 18.7 Å². The second-order valence-corrected chi connectivity index (χ2v) is 4.33. The van der Waals surface area contributed by atoms with Gasteiger partial charge < -0.3 is 20.9 Å². The average Bonchev–Trinajstić information content (AvgIpc) is 2.98. The average molecular weight is 259 g/mol. The maximum atomic E-state index is 11.3. The van der Waals surface area contributed by atoms with Crippen molar-refractivity contribution in [2.45, 2.75) is 12.8 Å². The number of fused-ring (bicyclic) bond motifs is 1. The lowest BCUT2D eigenvalue weighted by Gasteiger charge is -2.10. The first-order valence-electron chi connectivity index (χ1n) is 5.94. The fourth-order valence-corrected chi connectivity index (χ4v) is 2.06. The van der Waals surface area contributed by atoms with Crippen LogP contribution in [0.3, 0.4) is 0 Å². The third-order valence-corrected chi connectivity index (χ3v) is 2.96. The fraction of sp³-hybridized carbons (Fsp3) is 0.250. The summed E-state index contributed by atoms with van der Waals surface area (Å²) >= 11 is 0. The molecule has 0 saturated carbocycles. The number of nitrogens with two attached hydrogens (primary N) is 1. The zero-order valence-electron chi connectivity index (χ0n) is 10.1. The molecule has 0 atom stereocenters. The number of hydrogen-bond donors (Lipinski definition) is 3. The van der Waals surface area contributed by atoms with Crippen LogP contribution in [0.25, 0.3) is 0 Å². The van der Waals surface area contributed by atoms with E-state index >= 15 is 0 Å². The van der Waals surface area contributed by atoms with Crippen LogP contribution >= 0.6 is 0 Å². The summed E-state index contributed by atoms with van der Waals surface area (Å²) in [5, 5.41) is 9.52. The Labute approximate surface area is 109 Å². The zero-order chi connectivity index (χ0) is 13.2. The maximum absolute atomic E-state index is 11.3. The van der Waals surface area contributed by atoms with Gasteiger partial charge in [0.2, 0.25) is 11.8 Å². The minimum absolute atomic E-state index is 0.00240. The Morgan fingerprint density at radius 3 is 3.16 bits per heavy atom. The Morgan fingerprint density at radius 2 is 2.37 bits per heavy atom. The SMILES string of the molecule is Nc1cc2c(cc1NCCc1ncno1)NC(=O)C2. The Balaban J connectivity index is 1.68. The van der Waals surface area contributed by atoms with Gasteiger partial charge in [-0.05, 0) is 17.7 Å². The predicted molar refractivity (Wildman–Crippen MR) is 69.7 cm³/mol. The molecule has 1 aromatic carbocycles. The summed E-state index contributed by atoms with van der Waals surface area (Å²) in [6.45, 7) is 0.624. The van der Waals surface area contributed by atoms with Crippen molar-refractivity contribution in [2.75, 3.05) is 22.9 Å². The molecule has 7 heteroatoms. The molecule has 2 aromatic rings. The zero-order valence-corrected chi connectivity index (χ0v) is 10.1. The van der Waals surface area contributed by atoms with E-state index in [4.69, 9.17) is 10.3 Å². The molecule has 0 fully saturated rings. The molecule has 1 aliphatic rings. The summed E-state index contributed by atoms with van der Waals surface area (Å²) in [5.41, 5.74) is 9.12. The van der Waals surface area contributed by atoms with Crippen LogP contribution in [-0.4, -0.2) is 22.6 Å². The van der Waals surface area contributed by atoms with Gasteiger partial charge >= 0.3 is 0 Å². The molecule has 7 nitrogen and oxygen atoms in total. The third kappa shape index (κ3) is 2.35. The molecule has 4 N–H and O–H groups in total. The lowest BCUT2D eigenvalue weighted by atomic mass is 10.1. The summed E-state index contributed by atoms with van der Waals surface area (Å²) in [7, 11) is 0. The molecule has 1 aromatic heterocycles. The molecule has 0 spiro atoms. The number of carbonyl (C=O) groups is 1. The molecule has 0 radical (unpaired) electrons. The van der Waals surface area contributed by atoms with Gasteiger partial charge in [0.25, 0.3) is 0 Å². The lowest BCUT2D eigenvalue weighted by Crippen LogP contribution is -2.07. The molecule has 0 unspecified atom stereocenters. The number of carbonyl (C=O) groups excluding carboxylic acids is 1. The number of nitrogen functional groups attached to an aromatic ring is 1. The maximum Gasteiger partial charge on any atom is 0.228 e. The Hall–Kier alpha value is -2.57. The van der Waals surface area contributed by atoms with Gasteiger partial charge in [0.1, 0.15) is 0 Å². The normalized spacial score (nSPS) is 13.2. The van der Waals surface area contributed by atoms with Crippen molar-refractivity contribution in [1.29, 1.82) is 0 Å². The van der Waals surface area contributed by atoms with Gasteiger partial charge in [-0.2, -0.15) is 4.98 Å². The third-order valence-electron chi connectivity index (χ3n) is 2.96. The molecule has 19 heavy (non-hydrogen) atoms. The lowest BCUT2D eigenvalue weighted by molar-refractivity contribution is -0.115. The molecule has 3 rings (SSSR count). The Morgan fingerprint density at radius 1 is 1.47 bits per heavy atom. The number of rotatable bonds is 4. The summed E-state index contributed by atoms with van der Waals surface area (Å²) in [5.74, 6) is 0.568. The van der Waals surface area contributed by atoms with E-state index < -0.39 is 0 Å². The monoisotopic (exact) mass is 259 g/mol. The molecular weight excluding hydrogens is 246 g/mol. The highest BCUT2D eigenvalue weighted by Crippen LogP contribution is 2.31. The largest absolute Gasteiger partial charge is 0.397 e. The van der Waals surface area contributed by atoms with Crippen molar-refractivity contribution in [3.05, 3.63) is 29.9 Å². The van der Waals surface area contributed by atoms with E-state index in [0.29, 0.717) is 31.0 Å². The van der Waals surface area contributed by atoms with Crippen molar-refractivity contribution in [2.24, 2.45) is 0 Å². The fourth-order valence-electron chi connectivity index (χ4n) is 2.06. The standard InChI is InChI=1S/C12H13N5O2/c13-8-3-7-4-11(18)17-9(7)5-10(8)14-2-1-12-15-6-16-19-12/h3,5-6,14H,1-2,4,13H2,(H,17,18). The Bertz CT molecular complexity index is 609. The molecule has 1 amide bonds. The smallest absolute Gasteiger partial charge is 0.228 e. The van der Waals surface area contributed by atoms with Crippen LogP contribution in [0.5, 0.6) is 0 Å². The number of nitrogens with one attached hydrogen (secondary N) is 2. The summed E-state index contributed by atoms with van der Waals surface area (Å²) in [6, 6.07) is 3.67. The van der Waals surface area contributed by atoms with Gasteiger partial charge in [-0.15, -0.1) is 0 Å². The topological polar surface area (TPSA) is 106 Å². The number of amides is 1. The van der Waals surface area contributed by atoms with Crippen molar-refractivity contribution in [1.82, 2.24) is 10.1 Å². The van der Waals surface area contributed by atoms with E-state index in [-0.39, 0.29) is 5.91 Å². The molecular formula is C12H13N5O2. The predicted octanol–water partition coefficient (Wildman–Crippen LogP) is 0.801. The van der Waals surface area contributed by atoms with Crippen LogP contribution in [0.2, 0.25) is 0 Å². The van der Waals surface area contributed by atoms with Crippen LogP contribution < -0.4 is 16.4 Å². The first-order chi connectivity index (χ1) is 9.22. The van der Waals surface area contributed by atoms with E-state index in [1.807, 2.05) is 12.1 Å². The Kier molecular flexibility index (Phi) is 2.79. The first-order valence-corrected chi connectivity index (χ1v) is 5.94. The molecule has 0 aliphatic carbocycles. The second-order valence-electron chi connectivity index (χ2n) is 4.33. The first kappa shape index (κ1) is 11.5. The van der Waals surface area contributed by atoms with Crippen molar-refractivity contribution in [3.63, 3.8) is 0 Å². The number of benzene rings is 1. The summed E-state index contributed by atoms with van der Waals surface area (Å²) in [4.78, 5) is 15.2. The van der Waals surface area contributed by atoms with Crippen LogP contribution in [-0.2, 0) is 17.6 Å². The second kappa shape index (κ2) is 4.60. The highest BCUT2D eigenvalue weighted by molar-refractivity contribution is 6.00. The van der Waals surface area contributed by atoms with Gasteiger partial charge in [-0.3, -0.25) is 4.79 Å². The summed E-state index contributed by atoms with van der Waals surface area (Å²) in [6.07, 6.45) is 2.37.